The van der Waals surface area contributed by atoms with Crippen LogP contribution in [0.3, 0.4) is 0 Å². The van der Waals surface area contributed by atoms with Crippen molar-refractivity contribution in [1.29, 1.82) is 0 Å². The maximum Gasteiger partial charge on any atom is 0.418 e. The summed E-state index contributed by atoms with van der Waals surface area (Å²) in [6, 6.07) is 4.52. The number of hydrogen-bond acceptors (Lipinski definition) is 2. The van der Waals surface area contributed by atoms with Crippen LogP contribution in [0, 0.1) is 0 Å². The van der Waals surface area contributed by atoms with Gasteiger partial charge in [0.25, 0.3) is 0 Å². The van der Waals surface area contributed by atoms with E-state index in [2.05, 4.69) is 0 Å². The summed E-state index contributed by atoms with van der Waals surface area (Å²) in [5.41, 5.74) is -1.41. The van der Waals surface area contributed by atoms with Crippen molar-refractivity contribution in [1.82, 2.24) is 0 Å². The van der Waals surface area contributed by atoms with Gasteiger partial charge >= 0.3 is 6.18 Å². The van der Waals surface area contributed by atoms with Gasteiger partial charge in [0, 0.05) is 0 Å². The molecule has 0 aromatic heterocycles. The first-order valence-corrected chi connectivity index (χ1v) is 7.08. The standard InChI is InChI=1S/C11H14F3NO2S/c1-2-3-8-18(16,17)15-10-7-5-4-6-9(10)11(12,13)14/h4-7,15H,2-3,8H2,1H3. The summed E-state index contributed by atoms with van der Waals surface area (Å²) in [6.45, 7) is 1.80. The molecule has 0 radical (unpaired) electrons. The van der Waals surface area contributed by atoms with Crippen LogP contribution in [0.2, 0.25) is 0 Å². The van der Waals surface area contributed by atoms with E-state index in [0.717, 1.165) is 12.1 Å². The fourth-order valence-corrected chi connectivity index (χ4v) is 2.66. The Morgan fingerprint density at radius 1 is 1.22 bits per heavy atom. The molecular formula is C11H14F3NO2S. The molecule has 0 aliphatic carbocycles. The first-order valence-electron chi connectivity index (χ1n) is 5.43. The van der Waals surface area contributed by atoms with Crippen LogP contribution in [0.4, 0.5) is 18.9 Å². The number of nitrogens with one attached hydrogen (secondary N) is 1. The van der Waals surface area contributed by atoms with Gasteiger partial charge in [-0.2, -0.15) is 13.2 Å². The maximum absolute atomic E-state index is 12.6. The highest BCUT2D eigenvalue weighted by Gasteiger charge is 2.34. The van der Waals surface area contributed by atoms with Gasteiger partial charge in [0.1, 0.15) is 0 Å². The van der Waals surface area contributed by atoms with Gasteiger partial charge in [-0.25, -0.2) is 8.42 Å². The topological polar surface area (TPSA) is 46.2 Å². The minimum Gasteiger partial charge on any atom is -0.283 e. The second-order valence-electron chi connectivity index (χ2n) is 3.82. The summed E-state index contributed by atoms with van der Waals surface area (Å²) in [5.74, 6) is -0.185. The Kier molecular flexibility index (Phi) is 4.61. The van der Waals surface area contributed by atoms with Crippen LogP contribution in [0.5, 0.6) is 0 Å². The second-order valence-corrected chi connectivity index (χ2v) is 5.66. The molecule has 0 atom stereocenters. The Hall–Kier alpha value is -1.24. The smallest absolute Gasteiger partial charge is 0.283 e. The molecule has 1 rings (SSSR count). The summed E-state index contributed by atoms with van der Waals surface area (Å²) in [5, 5.41) is 0. The van der Waals surface area contributed by atoms with Crippen LogP contribution < -0.4 is 4.72 Å². The molecule has 0 aliphatic rings. The Bertz CT molecular complexity index is 497. The number of sulfonamides is 1. The largest absolute Gasteiger partial charge is 0.418 e. The van der Waals surface area contributed by atoms with Crippen molar-refractivity contribution in [3.05, 3.63) is 29.8 Å². The number of hydrogen-bond donors (Lipinski definition) is 1. The van der Waals surface area contributed by atoms with Crippen LogP contribution >= 0.6 is 0 Å². The van der Waals surface area contributed by atoms with E-state index < -0.39 is 27.5 Å². The number of para-hydroxylation sites is 1. The molecule has 0 saturated heterocycles. The van der Waals surface area contributed by atoms with E-state index in [-0.39, 0.29) is 5.75 Å². The summed E-state index contributed by atoms with van der Waals surface area (Å²) in [6.07, 6.45) is -3.52. The molecule has 102 valence electrons. The Balaban J connectivity index is 2.98. The van der Waals surface area contributed by atoms with Crippen molar-refractivity contribution in [2.45, 2.75) is 25.9 Å². The summed E-state index contributed by atoms with van der Waals surface area (Å²) < 4.78 is 63.0. The first kappa shape index (κ1) is 14.8. The molecule has 0 fully saturated rings. The number of unbranched alkanes of at least 4 members (excludes halogenated alkanes) is 1. The van der Waals surface area contributed by atoms with E-state index >= 15 is 0 Å². The molecule has 7 heteroatoms. The second kappa shape index (κ2) is 5.60. The first-order chi connectivity index (χ1) is 8.26. The number of rotatable bonds is 5. The lowest BCUT2D eigenvalue weighted by Crippen LogP contribution is -2.19. The van der Waals surface area contributed by atoms with Crippen molar-refractivity contribution in [3.63, 3.8) is 0 Å². The highest BCUT2D eigenvalue weighted by atomic mass is 32.2. The summed E-state index contributed by atoms with van der Waals surface area (Å²) in [4.78, 5) is 0. The summed E-state index contributed by atoms with van der Waals surface area (Å²) >= 11 is 0. The predicted molar refractivity (Wildman–Crippen MR) is 63.8 cm³/mol. The molecule has 0 heterocycles. The SMILES string of the molecule is CCCCS(=O)(=O)Nc1ccccc1C(F)(F)F. The van der Waals surface area contributed by atoms with Gasteiger partial charge in [0.2, 0.25) is 10.0 Å². The molecule has 1 aromatic rings. The fourth-order valence-electron chi connectivity index (χ4n) is 1.37. The summed E-state index contributed by atoms with van der Waals surface area (Å²) in [7, 11) is -3.73. The van der Waals surface area contributed by atoms with E-state index in [0.29, 0.717) is 12.8 Å². The molecule has 0 bridgehead atoms. The van der Waals surface area contributed by atoms with Gasteiger partial charge in [-0.3, -0.25) is 4.72 Å². The number of benzene rings is 1. The van der Waals surface area contributed by atoms with Crippen LogP contribution in [0.25, 0.3) is 0 Å². The predicted octanol–water partition coefficient (Wildman–Crippen LogP) is 3.25. The third-order valence-electron chi connectivity index (χ3n) is 2.26. The third kappa shape index (κ3) is 4.21. The van der Waals surface area contributed by atoms with Gasteiger partial charge in [-0.05, 0) is 18.6 Å². The molecule has 0 amide bonds. The number of anilines is 1. The number of halogens is 3. The zero-order chi connectivity index (χ0) is 13.8. The fraction of sp³-hybridized carbons (Fsp3) is 0.455. The van der Waals surface area contributed by atoms with Crippen LogP contribution in [0.15, 0.2) is 24.3 Å². The average molecular weight is 281 g/mol. The molecule has 1 aromatic carbocycles. The number of alkyl halides is 3. The van der Waals surface area contributed by atoms with Crippen LogP contribution in [0.1, 0.15) is 25.3 Å². The van der Waals surface area contributed by atoms with E-state index in [9.17, 15) is 21.6 Å². The lowest BCUT2D eigenvalue weighted by molar-refractivity contribution is -0.136. The highest BCUT2D eigenvalue weighted by molar-refractivity contribution is 7.92. The molecule has 18 heavy (non-hydrogen) atoms. The van der Waals surface area contributed by atoms with E-state index in [1.54, 1.807) is 6.92 Å². The lowest BCUT2D eigenvalue weighted by atomic mass is 10.2. The van der Waals surface area contributed by atoms with Crippen LogP contribution in [-0.2, 0) is 16.2 Å². The highest BCUT2D eigenvalue weighted by Crippen LogP contribution is 2.34. The normalized spacial score (nSPS) is 12.4. The zero-order valence-corrected chi connectivity index (χ0v) is 10.6. The monoisotopic (exact) mass is 281 g/mol. The van der Waals surface area contributed by atoms with Crippen molar-refractivity contribution in [2.75, 3.05) is 10.5 Å². The maximum atomic E-state index is 12.6. The molecular weight excluding hydrogens is 267 g/mol. The lowest BCUT2D eigenvalue weighted by Gasteiger charge is -2.14. The van der Waals surface area contributed by atoms with E-state index in [4.69, 9.17) is 0 Å². The Labute approximate surface area is 104 Å². The van der Waals surface area contributed by atoms with Crippen LogP contribution in [-0.4, -0.2) is 14.2 Å². The third-order valence-corrected chi connectivity index (χ3v) is 3.62. The zero-order valence-electron chi connectivity index (χ0n) is 9.79. The molecule has 0 aliphatic heterocycles. The minimum absolute atomic E-state index is 0.185. The molecule has 0 unspecified atom stereocenters. The van der Waals surface area contributed by atoms with E-state index in [1.165, 1.54) is 12.1 Å². The molecule has 0 spiro atoms. The van der Waals surface area contributed by atoms with Gasteiger partial charge in [0.05, 0.1) is 17.0 Å². The van der Waals surface area contributed by atoms with Crippen molar-refractivity contribution < 1.29 is 21.6 Å². The van der Waals surface area contributed by atoms with Crippen molar-refractivity contribution >= 4 is 15.7 Å². The van der Waals surface area contributed by atoms with Crippen molar-refractivity contribution in [2.24, 2.45) is 0 Å². The molecule has 1 N–H and O–H groups in total. The molecule has 3 nitrogen and oxygen atoms in total. The quantitative estimate of drug-likeness (QED) is 0.900. The van der Waals surface area contributed by atoms with Gasteiger partial charge in [0.15, 0.2) is 0 Å². The average Bonchev–Trinajstić information content (AvgIpc) is 2.25. The van der Waals surface area contributed by atoms with Crippen molar-refractivity contribution in [3.8, 4) is 0 Å². The Morgan fingerprint density at radius 3 is 2.39 bits per heavy atom. The minimum atomic E-state index is -4.58. The van der Waals surface area contributed by atoms with Gasteiger partial charge in [-0.15, -0.1) is 0 Å². The Morgan fingerprint density at radius 2 is 1.83 bits per heavy atom. The van der Waals surface area contributed by atoms with E-state index in [1.807, 2.05) is 4.72 Å². The molecule has 0 saturated carbocycles. The van der Waals surface area contributed by atoms with Gasteiger partial charge in [-0.1, -0.05) is 25.5 Å². The van der Waals surface area contributed by atoms with Gasteiger partial charge < -0.3 is 0 Å².